The third-order valence-electron chi connectivity index (χ3n) is 2.55. The van der Waals surface area contributed by atoms with Gasteiger partial charge in [-0.1, -0.05) is 0 Å². The standard InChI is InChI=1S/C11H16O2S2/c1-10(2)12-7-11(3,13-10)8-5-9(14-4)15-6-8/h5-6H,7H2,1-4H3/t11-/m1/s1. The molecule has 0 aliphatic carbocycles. The first-order valence-corrected chi connectivity index (χ1v) is 7.03. The molecule has 0 aromatic carbocycles. The van der Waals surface area contributed by atoms with Crippen molar-refractivity contribution in [3.63, 3.8) is 0 Å². The summed E-state index contributed by atoms with van der Waals surface area (Å²) in [6.07, 6.45) is 2.09. The molecule has 15 heavy (non-hydrogen) atoms. The molecule has 2 heterocycles. The molecule has 1 saturated heterocycles. The summed E-state index contributed by atoms with van der Waals surface area (Å²) in [5.41, 5.74) is 0.941. The highest BCUT2D eigenvalue weighted by Gasteiger charge is 2.43. The molecule has 0 radical (unpaired) electrons. The molecule has 2 nitrogen and oxygen atoms in total. The van der Waals surface area contributed by atoms with Crippen molar-refractivity contribution in [3.05, 3.63) is 17.0 Å². The monoisotopic (exact) mass is 244 g/mol. The predicted molar refractivity (Wildman–Crippen MR) is 64.6 cm³/mol. The van der Waals surface area contributed by atoms with Gasteiger partial charge < -0.3 is 9.47 Å². The van der Waals surface area contributed by atoms with Crippen LogP contribution in [0.5, 0.6) is 0 Å². The smallest absolute Gasteiger partial charge is 0.164 e. The lowest BCUT2D eigenvalue weighted by molar-refractivity contribution is -0.159. The SMILES string of the molecule is CSc1cc([C@@]2(C)COC(C)(C)O2)cs1. The molecule has 0 saturated carbocycles. The third-order valence-corrected chi connectivity index (χ3v) is 4.58. The lowest BCUT2D eigenvalue weighted by atomic mass is 10.0. The average molecular weight is 244 g/mol. The second-order valence-corrected chi connectivity index (χ2v) is 6.40. The Kier molecular flexibility index (Phi) is 2.88. The minimum Gasteiger partial charge on any atom is -0.347 e. The molecule has 1 aromatic rings. The summed E-state index contributed by atoms with van der Waals surface area (Å²) in [5.74, 6) is -0.462. The van der Waals surface area contributed by atoms with E-state index in [1.165, 1.54) is 9.77 Å². The molecule has 0 N–H and O–H groups in total. The van der Waals surface area contributed by atoms with Crippen LogP contribution in [0.3, 0.4) is 0 Å². The van der Waals surface area contributed by atoms with E-state index in [4.69, 9.17) is 9.47 Å². The number of thiophene rings is 1. The molecule has 1 atom stereocenters. The Hall–Kier alpha value is -0.0300. The van der Waals surface area contributed by atoms with Gasteiger partial charge in [0.25, 0.3) is 0 Å². The molecule has 1 aromatic heterocycles. The Morgan fingerprint density at radius 1 is 1.40 bits per heavy atom. The minimum atomic E-state index is -0.462. The molecule has 0 bridgehead atoms. The average Bonchev–Trinajstić information content (AvgIpc) is 2.71. The zero-order valence-corrected chi connectivity index (χ0v) is 11.1. The number of thioether (sulfide) groups is 1. The van der Waals surface area contributed by atoms with E-state index < -0.39 is 5.79 Å². The molecular formula is C11H16O2S2. The summed E-state index contributed by atoms with van der Waals surface area (Å²) in [7, 11) is 0. The molecule has 1 aliphatic rings. The predicted octanol–water partition coefficient (Wildman–Crippen LogP) is 3.47. The van der Waals surface area contributed by atoms with Gasteiger partial charge in [-0.2, -0.15) is 0 Å². The highest BCUT2D eigenvalue weighted by Crippen LogP contribution is 2.41. The van der Waals surface area contributed by atoms with Crippen molar-refractivity contribution in [2.45, 2.75) is 36.4 Å². The summed E-state index contributed by atoms with van der Waals surface area (Å²) in [6, 6.07) is 2.19. The molecule has 0 unspecified atom stereocenters. The fraction of sp³-hybridized carbons (Fsp3) is 0.636. The van der Waals surface area contributed by atoms with Crippen molar-refractivity contribution in [1.82, 2.24) is 0 Å². The summed E-state index contributed by atoms with van der Waals surface area (Å²) in [4.78, 5) is 0. The van der Waals surface area contributed by atoms with Crippen LogP contribution in [0, 0.1) is 0 Å². The quantitative estimate of drug-likeness (QED) is 0.742. The summed E-state index contributed by atoms with van der Waals surface area (Å²) >= 11 is 3.53. The molecule has 2 rings (SSSR count). The van der Waals surface area contributed by atoms with Crippen LogP contribution in [-0.2, 0) is 15.1 Å². The van der Waals surface area contributed by atoms with Crippen molar-refractivity contribution in [3.8, 4) is 0 Å². The van der Waals surface area contributed by atoms with Crippen LogP contribution in [0.4, 0.5) is 0 Å². The van der Waals surface area contributed by atoms with Crippen LogP contribution in [0.1, 0.15) is 26.3 Å². The Labute approximate surface area is 99.0 Å². The van der Waals surface area contributed by atoms with E-state index in [1.807, 2.05) is 13.8 Å². The fourth-order valence-electron chi connectivity index (χ4n) is 1.76. The minimum absolute atomic E-state index is 0.284. The Balaban J connectivity index is 2.23. The number of hydrogen-bond donors (Lipinski definition) is 0. The number of hydrogen-bond acceptors (Lipinski definition) is 4. The van der Waals surface area contributed by atoms with Gasteiger partial charge in [-0.25, -0.2) is 0 Å². The zero-order chi connectivity index (χ0) is 11.1. The van der Waals surface area contributed by atoms with E-state index in [0.29, 0.717) is 6.61 Å². The Bertz CT molecular complexity index is 359. The van der Waals surface area contributed by atoms with Crippen molar-refractivity contribution in [1.29, 1.82) is 0 Å². The molecule has 4 heteroatoms. The summed E-state index contributed by atoms with van der Waals surface area (Å²) < 4.78 is 12.9. The van der Waals surface area contributed by atoms with E-state index in [0.717, 1.165) is 0 Å². The first-order chi connectivity index (χ1) is 6.95. The first kappa shape index (κ1) is 11.5. The lowest BCUT2D eigenvalue weighted by Crippen LogP contribution is -2.27. The van der Waals surface area contributed by atoms with Crippen LogP contribution >= 0.6 is 23.1 Å². The van der Waals surface area contributed by atoms with E-state index >= 15 is 0 Å². The van der Waals surface area contributed by atoms with Gasteiger partial charge in [0.1, 0.15) is 5.60 Å². The van der Waals surface area contributed by atoms with Crippen molar-refractivity contribution >= 4 is 23.1 Å². The van der Waals surface area contributed by atoms with Crippen LogP contribution in [-0.4, -0.2) is 18.6 Å². The normalized spacial score (nSPS) is 29.6. The van der Waals surface area contributed by atoms with Crippen LogP contribution in [0.2, 0.25) is 0 Å². The van der Waals surface area contributed by atoms with Gasteiger partial charge in [-0.15, -0.1) is 23.1 Å². The summed E-state index contributed by atoms with van der Waals surface area (Å²) in [6.45, 7) is 6.64. The maximum atomic E-state index is 5.96. The van der Waals surface area contributed by atoms with E-state index in [2.05, 4.69) is 24.6 Å². The Morgan fingerprint density at radius 3 is 2.60 bits per heavy atom. The van der Waals surface area contributed by atoms with Crippen LogP contribution in [0.25, 0.3) is 0 Å². The maximum absolute atomic E-state index is 5.96. The number of ether oxygens (including phenoxy) is 2. The highest BCUT2D eigenvalue weighted by molar-refractivity contribution is 8.00. The van der Waals surface area contributed by atoms with Crippen LogP contribution < -0.4 is 0 Å². The van der Waals surface area contributed by atoms with E-state index in [1.54, 1.807) is 23.1 Å². The maximum Gasteiger partial charge on any atom is 0.164 e. The lowest BCUT2D eigenvalue weighted by Gasteiger charge is -2.24. The van der Waals surface area contributed by atoms with Crippen LogP contribution in [0.15, 0.2) is 15.7 Å². The third kappa shape index (κ3) is 2.23. The second kappa shape index (κ2) is 3.77. The first-order valence-electron chi connectivity index (χ1n) is 4.92. The topological polar surface area (TPSA) is 18.5 Å². The molecule has 0 spiro atoms. The van der Waals surface area contributed by atoms with Gasteiger partial charge in [0.15, 0.2) is 5.79 Å². The molecule has 1 fully saturated rings. The summed E-state index contributed by atoms with van der Waals surface area (Å²) in [5, 5.41) is 2.16. The van der Waals surface area contributed by atoms with Crippen molar-refractivity contribution < 1.29 is 9.47 Å². The zero-order valence-electron chi connectivity index (χ0n) is 9.49. The van der Waals surface area contributed by atoms with Gasteiger partial charge in [0.05, 0.1) is 10.8 Å². The Morgan fingerprint density at radius 2 is 2.13 bits per heavy atom. The van der Waals surface area contributed by atoms with Gasteiger partial charge in [-0.05, 0) is 44.0 Å². The van der Waals surface area contributed by atoms with Gasteiger partial charge >= 0.3 is 0 Å². The van der Waals surface area contributed by atoms with Gasteiger partial charge in [0, 0.05) is 0 Å². The largest absolute Gasteiger partial charge is 0.347 e. The number of rotatable bonds is 2. The molecular weight excluding hydrogens is 228 g/mol. The molecule has 0 amide bonds. The van der Waals surface area contributed by atoms with Crippen molar-refractivity contribution in [2.24, 2.45) is 0 Å². The molecule has 1 aliphatic heterocycles. The highest BCUT2D eigenvalue weighted by atomic mass is 32.2. The second-order valence-electron chi connectivity index (χ2n) is 4.38. The van der Waals surface area contributed by atoms with Gasteiger partial charge in [0.2, 0.25) is 0 Å². The van der Waals surface area contributed by atoms with Gasteiger partial charge in [-0.3, -0.25) is 0 Å². The van der Waals surface area contributed by atoms with E-state index in [9.17, 15) is 0 Å². The van der Waals surface area contributed by atoms with E-state index in [-0.39, 0.29) is 5.60 Å². The fourth-order valence-corrected chi connectivity index (χ4v) is 3.29. The molecule has 84 valence electrons. The van der Waals surface area contributed by atoms with Crippen molar-refractivity contribution in [2.75, 3.05) is 12.9 Å².